The maximum atomic E-state index is 12.0. The van der Waals surface area contributed by atoms with Crippen LogP contribution in [0.3, 0.4) is 0 Å². The van der Waals surface area contributed by atoms with E-state index < -0.39 is 6.98 Å². The smallest absolute Gasteiger partial charge is 0.445 e. The van der Waals surface area contributed by atoms with Crippen molar-refractivity contribution in [2.45, 2.75) is 19.8 Å². The van der Waals surface area contributed by atoms with Crippen molar-refractivity contribution in [3.05, 3.63) is 29.8 Å². The van der Waals surface area contributed by atoms with E-state index in [2.05, 4.69) is 9.97 Å². The quantitative estimate of drug-likeness (QED) is 0.710. The number of aromatic nitrogens is 2. The first-order valence-electron chi connectivity index (χ1n) is 4.59. The summed E-state index contributed by atoms with van der Waals surface area (Å²) >= 11 is 0. The Morgan fingerprint density at radius 2 is 1.94 bits per heavy atom. The fourth-order valence-electron chi connectivity index (χ4n) is 1.17. The molecule has 0 bridgehead atoms. The van der Waals surface area contributed by atoms with Gasteiger partial charge in [-0.25, -0.2) is 9.97 Å². The second-order valence-corrected chi connectivity index (χ2v) is 3.50. The Balaban J connectivity index is 0.00000225. The zero-order chi connectivity index (χ0) is 11.5. The largest absolute Gasteiger partial charge is 1.00 e. The minimum atomic E-state index is -4.90. The van der Waals surface area contributed by atoms with Crippen molar-refractivity contribution in [3.63, 3.8) is 0 Å². The molecule has 0 unspecified atom stereocenters. The molecular weight excluding hydrogens is 243 g/mol. The molecule has 0 spiro atoms. The number of rotatable bonds is 3. The average Bonchev–Trinajstić information content (AvgIpc) is 2.14. The fourth-order valence-corrected chi connectivity index (χ4v) is 1.17. The van der Waals surface area contributed by atoms with Crippen LogP contribution in [-0.2, 0) is 0 Å². The van der Waals surface area contributed by atoms with Gasteiger partial charge in [0, 0.05) is 11.8 Å². The maximum absolute atomic E-state index is 12.0. The van der Waals surface area contributed by atoms with Crippen LogP contribution in [0.2, 0.25) is 0 Å². The number of hydrogen-bond acceptors (Lipinski definition) is 2. The molecule has 0 saturated carbocycles. The molecule has 0 fully saturated rings. The van der Waals surface area contributed by atoms with E-state index >= 15 is 0 Å². The van der Waals surface area contributed by atoms with Gasteiger partial charge in [0.2, 0.25) is 0 Å². The van der Waals surface area contributed by atoms with Crippen LogP contribution in [0, 0.1) is 0 Å². The number of hydrogen-bond donors (Lipinski definition) is 0. The summed E-state index contributed by atoms with van der Waals surface area (Å²) in [5, 5.41) is 0. The van der Waals surface area contributed by atoms with Gasteiger partial charge in [-0.15, -0.1) is 5.98 Å². The summed E-state index contributed by atoms with van der Waals surface area (Å²) in [6.45, 7) is -1.15. The van der Waals surface area contributed by atoms with Crippen molar-refractivity contribution < 1.29 is 64.3 Å². The van der Waals surface area contributed by atoms with Gasteiger partial charge in [0.25, 0.3) is 0 Å². The second-order valence-electron chi connectivity index (χ2n) is 3.50. The SMILES string of the molecule is CC(C)c1ncncc1/C=C/[B-](F)(F)F.[K+]. The van der Waals surface area contributed by atoms with E-state index in [-0.39, 0.29) is 63.3 Å². The number of halogens is 3. The van der Waals surface area contributed by atoms with Crippen molar-refractivity contribution >= 4 is 13.1 Å². The fraction of sp³-hybridized carbons (Fsp3) is 0.333. The van der Waals surface area contributed by atoms with Crippen LogP contribution in [0.1, 0.15) is 31.0 Å². The van der Waals surface area contributed by atoms with Gasteiger partial charge < -0.3 is 12.9 Å². The summed E-state index contributed by atoms with van der Waals surface area (Å²) in [6, 6.07) is 0. The van der Waals surface area contributed by atoms with E-state index in [4.69, 9.17) is 0 Å². The van der Waals surface area contributed by atoms with Crippen LogP contribution in [0.4, 0.5) is 12.9 Å². The first kappa shape index (κ1) is 16.3. The Bertz CT molecular complexity index is 366. The van der Waals surface area contributed by atoms with Gasteiger partial charge in [-0.3, -0.25) is 0 Å². The predicted molar refractivity (Wildman–Crippen MR) is 54.2 cm³/mol. The third kappa shape index (κ3) is 5.58. The van der Waals surface area contributed by atoms with E-state index in [0.717, 1.165) is 6.08 Å². The van der Waals surface area contributed by atoms with Crippen molar-refractivity contribution in [2.75, 3.05) is 0 Å². The molecule has 1 aromatic heterocycles. The summed E-state index contributed by atoms with van der Waals surface area (Å²) in [5.74, 6) is 0.332. The topological polar surface area (TPSA) is 25.8 Å². The molecule has 0 amide bonds. The first-order valence-corrected chi connectivity index (χ1v) is 4.59. The van der Waals surface area contributed by atoms with Gasteiger partial charge in [-0.1, -0.05) is 19.9 Å². The van der Waals surface area contributed by atoms with Crippen molar-refractivity contribution in [2.24, 2.45) is 0 Å². The van der Waals surface area contributed by atoms with E-state index in [9.17, 15) is 12.9 Å². The van der Waals surface area contributed by atoms with Gasteiger partial charge in [0.05, 0.1) is 5.69 Å². The Labute approximate surface area is 135 Å². The van der Waals surface area contributed by atoms with Gasteiger partial charge in [-0.2, -0.15) is 0 Å². The molecule has 7 heteroatoms. The maximum Gasteiger partial charge on any atom is 1.00 e. The predicted octanol–water partition coefficient (Wildman–Crippen LogP) is 0.00380. The summed E-state index contributed by atoms with van der Waals surface area (Å²) in [7, 11) is 0. The molecule has 0 aliphatic heterocycles. The summed E-state index contributed by atoms with van der Waals surface area (Å²) < 4.78 is 36.0. The Morgan fingerprint density at radius 3 is 2.44 bits per heavy atom. The van der Waals surface area contributed by atoms with E-state index in [1.54, 1.807) is 0 Å². The molecule has 0 aliphatic rings. The minimum Gasteiger partial charge on any atom is -0.445 e. The van der Waals surface area contributed by atoms with Gasteiger partial charge in [-0.05, 0) is 5.92 Å². The van der Waals surface area contributed by atoms with Crippen LogP contribution >= 0.6 is 0 Å². The van der Waals surface area contributed by atoms with Gasteiger partial charge in [0.15, 0.2) is 0 Å². The molecule has 0 N–H and O–H groups in total. The molecular formula is C9H11BF3KN2. The molecule has 2 nitrogen and oxygen atoms in total. The summed E-state index contributed by atoms with van der Waals surface area (Å²) in [5.41, 5.74) is 1.05. The van der Waals surface area contributed by atoms with E-state index in [1.807, 2.05) is 13.8 Å². The Kier molecular flexibility index (Phi) is 7.04. The third-order valence-electron chi connectivity index (χ3n) is 1.81. The van der Waals surface area contributed by atoms with Crippen molar-refractivity contribution in [1.29, 1.82) is 0 Å². The number of nitrogens with zero attached hydrogens (tertiary/aromatic N) is 2. The molecule has 1 rings (SSSR count). The molecule has 1 heterocycles. The van der Waals surface area contributed by atoms with Gasteiger partial charge in [0.1, 0.15) is 6.33 Å². The molecule has 0 atom stereocenters. The summed E-state index contributed by atoms with van der Waals surface area (Å²) in [4.78, 5) is 7.66. The summed E-state index contributed by atoms with van der Waals surface area (Å²) in [6.07, 6.45) is 3.75. The van der Waals surface area contributed by atoms with Gasteiger partial charge >= 0.3 is 58.4 Å². The second kappa shape index (κ2) is 6.90. The van der Waals surface area contributed by atoms with Crippen LogP contribution in [-0.4, -0.2) is 16.9 Å². The van der Waals surface area contributed by atoms with Crippen molar-refractivity contribution in [3.8, 4) is 0 Å². The molecule has 16 heavy (non-hydrogen) atoms. The average molecular weight is 254 g/mol. The Hall–Kier alpha value is 0.311. The molecule has 0 radical (unpaired) electrons. The van der Waals surface area contributed by atoms with E-state index in [1.165, 1.54) is 12.5 Å². The van der Waals surface area contributed by atoms with Crippen LogP contribution in [0.15, 0.2) is 18.5 Å². The zero-order valence-corrected chi connectivity index (χ0v) is 12.6. The molecule has 0 saturated heterocycles. The van der Waals surface area contributed by atoms with Crippen LogP contribution in [0.25, 0.3) is 6.08 Å². The zero-order valence-electron chi connectivity index (χ0n) is 9.49. The molecule has 82 valence electrons. The Morgan fingerprint density at radius 1 is 1.31 bits per heavy atom. The normalized spacial score (nSPS) is 11.9. The monoisotopic (exact) mass is 254 g/mol. The van der Waals surface area contributed by atoms with Crippen LogP contribution in [0.5, 0.6) is 0 Å². The van der Waals surface area contributed by atoms with E-state index in [0.29, 0.717) is 11.3 Å². The molecule has 1 aromatic rings. The van der Waals surface area contributed by atoms with Crippen molar-refractivity contribution in [1.82, 2.24) is 9.97 Å². The molecule has 0 aromatic carbocycles. The first-order chi connectivity index (χ1) is 6.90. The molecule has 0 aliphatic carbocycles. The van der Waals surface area contributed by atoms with Crippen LogP contribution < -0.4 is 51.4 Å². The minimum absolute atomic E-state index is 0. The third-order valence-corrected chi connectivity index (χ3v) is 1.81. The standard InChI is InChI=1S/C9H11BF3N2.K/c1-7(2)9-8(5-14-6-15-9)3-4-10(11,12)13;/h3-7H,1-2H3;/q-1;+1/b4-3+;.